The van der Waals surface area contributed by atoms with Gasteiger partial charge in [0.15, 0.2) is 23.5 Å². The number of rotatable bonds is 10. The number of fused-ring (bicyclic) bond motifs is 1. The van der Waals surface area contributed by atoms with E-state index in [4.69, 9.17) is 35.3 Å². The quantitative estimate of drug-likeness (QED) is 0.225. The van der Waals surface area contributed by atoms with Crippen LogP contribution >= 0.6 is 11.6 Å². The summed E-state index contributed by atoms with van der Waals surface area (Å²) in [5.74, 6) is -2.52. The molecule has 0 aliphatic carbocycles. The SMILES string of the molecule is CNC(=O)c1ccc(OCCOC2CCCCO2)c(F)c1-c1c(Cl)c(F)cc2c1CC(COC(=O)NC(C)(C)C)(c1ccccc1)O2. The second-order valence-electron chi connectivity index (χ2n) is 12.5. The first-order valence-corrected chi connectivity index (χ1v) is 15.9. The largest absolute Gasteiger partial charge is 0.488 e. The molecule has 9 nitrogen and oxygen atoms in total. The molecule has 5 rings (SSSR count). The van der Waals surface area contributed by atoms with Crippen LogP contribution in [0.3, 0.4) is 0 Å². The van der Waals surface area contributed by atoms with Crippen molar-refractivity contribution in [2.24, 2.45) is 0 Å². The monoisotopic (exact) mass is 672 g/mol. The van der Waals surface area contributed by atoms with Gasteiger partial charge in [-0.25, -0.2) is 13.6 Å². The summed E-state index contributed by atoms with van der Waals surface area (Å²) in [5, 5.41) is 4.85. The van der Waals surface area contributed by atoms with Crippen molar-refractivity contribution >= 4 is 23.6 Å². The van der Waals surface area contributed by atoms with E-state index < -0.39 is 39.8 Å². The van der Waals surface area contributed by atoms with E-state index in [1.807, 2.05) is 26.8 Å². The summed E-state index contributed by atoms with van der Waals surface area (Å²) in [5.41, 5.74) is -1.31. The molecule has 2 unspecified atom stereocenters. The minimum Gasteiger partial charge on any atom is -0.488 e. The molecule has 0 bridgehead atoms. The van der Waals surface area contributed by atoms with Crippen molar-refractivity contribution in [1.82, 2.24) is 10.6 Å². The number of alkyl carbamates (subject to hydrolysis) is 1. The normalized spacial score (nSPS) is 19.0. The van der Waals surface area contributed by atoms with E-state index in [2.05, 4.69) is 10.6 Å². The third kappa shape index (κ3) is 7.80. The molecule has 1 fully saturated rings. The van der Waals surface area contributed by atoms with Crippen LogP contribution in [0.25, 0.3) is 11.1 Å². The van der Waals surface area contributed by atoms with Gasteiger partial charge in [-0.15, -0.1) is 0 Å². The highest BCUT2D eigenvalue weighted by atomic mass is 35.5. The number of nitrogens with one attached hydrogen (secondary N) is 2. The van der Waals surface area contributed by atoms with Gasteiger partial charge in [-0.1, -0.05) is 41.9 Å². The van der Waals surface area contributed by atoms with Gasteiger partial charge in [0, 0.05) is 48.4 Å². The van der Waals surface area contributed by atoms with Crippen molar-refractivity contribution < 1.29 is 42.1 Å². The average Bonchev–Trinajstić information content (AvgIpc) is 3.42. The van der Waals surface area contributed by atoms with Crippen molar-refractivity contribution in [2.45, 2.75) is 63.9 Å². The Morgan fingerprint density at radius 3 is 2.51 bits per heavy atom. The fourth-order valence-corrected chi connectivity index (χ4v) is 5.96. The summed E-state index contributed by atoms with van der Waals surface area (Å²) >= 11 is 6.61. The zero-order chi connectivity index (χ0) is 33.8. The van der Waals surface area contributed by atoms with E-state index in [0.29, 0.717) is 17.7 Å². The molecule has 3 aromatic carbocycles. The molecular weight excluding hydrogens is 634 g/mol. The van der Waals surface area contributed by atoms with Gasteiger partial charge in [-0.2, -0.15) is 0 Å². The summed E-state index contributed by atoms with van der Waals surface area (Å²) in [6.45, 7) is 5.94. The maximum atomic E-state index is 16.5. The van der Waals surface area contributed by atoms with Crippen molar-refractivity contribution in [2.75, 3.05) is 33.5 Å². The lowest BCUT2D eigenvalue weighted by Gasteiger charge is -2.30. The molecule has 2 N–H and O–H groups in total. The van der Waals surface area contributed by atoms with Gasteiger partial charge in [-0.3, -0.25) is 4.79 Å². The van der Waals surface area contributed by atoms with Crippen molar-refractivity contribution in [3.05, 3.63) is 81.9 Å². The Kier molecular flexibility index (Phi) is 10.6. The zero-order valence-electron chi connectivity index (χ0n) is 26.8. The molecule has 2 amide bonds. The van der Waals surface area contributed by atoms with Crippen LogP contribution in [0.15, 0.2) is 48.5 Å². The Morgan fingerprint density at radius 1 is 1.06 bits per heavy atom. The average molecular weight is 673 g/mol. The van der Waals surface area contributed by atoms with E-state index >= 15 is 8.78 Å². The maximum Gasteiger partial charge on any atom is 0.407 e. The fourth-order valence-electron chi connectivity index (χ4n) is 5.70. The topological polar surface area (TPSA) is 104 Å². The van der Waals surface area contributed by atoms with Gasteiger partial charge in [-0.05, 0) is 57.7 Å². The number of amides is 2. The number of ether oxygens (including phenoxy) is 5. The second kappa shape index (κ2) is 14.5. The van der Waals surface area contributed by atoms with Gasteiger partial charge < -0.3 is 34.3 Å². The van der Waals surface area contributed by atoms with E-state index in [0.717, 1.165) is 25.3 Å². The molecule has 1 saturated heterocycles. The van der Waals surface area contributed by atoms with Crippen LogP contribution in [-0.4, -0.2) is 57.3 Å². The molecule has 2 atom stereocenters. The lowest BCUT2D eigenvalue weighted by molar-refractivity contribution is -0.165. The number of halogens is 3. The molecule has 12 heteroatoms. The highest BCUT2D eigenvalue weighted by Crippen LogP contribution is 2.51. The highest BCUT2D eigenvalue weighted by Gasteiger charge is 2.45. The molecule has 2 aliphatic heterocycles. The predicted octanol–water partition coefficient (Wildman–Crippen LogP) is 6.92. The Labute approximate surface area is 277 Å². The Morgan fingerprint density at radius 2 is 1.83 bits per heavy atom. The molecule has 252 valence electrons. The number of benzene rings is 3. The van der Waals surface area contributed by atoms with Gasteiger partial charge in [0.1, 0.15) is 24.8 Å². The standard InChI is InChI=1S/C35H39ClF2N2O7/c1-34(2,3)40-33(42)46-20-35(21-10-6-5-7-11-21)19-23-26(47-35)18-24(37)30(36)28(23)29-22(32(41)39-4)13-14-25(31(29)38)43-16-17-45-27-12-8-9-15-44-27/h5-7,10-11,13-14,18,27H,8-9,12,15-17,19-20H2,1-4H3,(H,39,41)(H,40,42). The number of hydrogen-bond acceptors (Lipinski definition) is 7. The molecule has 0 saturated carbocycles. The van der Waals surface area contributed by atoms with Crippen molar-refractivity contribution in [3.63, 3.8) is 0 Å². The summed E-state index contributed by atoms with van der Waals surface area (Å²) in [6, 6.07) is 12.8. The van der Waals surface area contributed by atoms with E-state index in [-0.39, 0.29) is 60.7 Å². The second-order valence-corrected chi connectivity index (χ2v) is 12.9. The Balaban J connectivity index is 1.53. The third-order valence-corrected chi connectivity index (χ3v) is 8.25. The van der Waals surface area contributed by atoms with Crippen LogP contribution < -0.4 is 20.1 Å². The summed E-state index contributed by atoms with van der Waals surface area (Å²) < 4.78 is 61.1. The lowest BCUT2D eigenvalue weighted by atomic mass is 9.85. The first-order valence-electron chi connectivity index (χ1n) is 15.5. The molecular formula is C35H39ClF2N2O7. The Hall–Kier alpha value is -3.93. The highest BCUT2D eigenvalue weighted by molar-refractivity contribution is 6.34. The summed E-state index contributed by atoms with van der Waals surface area (Å²) in [7, 11) is 1.40. The van der Waals surface area contributed by atoms with Crippen LogP contribution in [0.2, 0.25) is 5.02 Å². The van der Waals surface area contributed by atoms with Crippen LogP contribution in [-0.2, 0) is 26.2 Å². The maximum absolute atomic E-state index is 16.5. The van der Waals surface area contributed by atoms with Crippen LogP contribution in [0.5, 0.6) is 11.5 Å². The molecule has 3 aromatic rings. The first-order chi connectivity index (χ1) is 22.4. The van der Waals surface area contributed by atoms with E-state index in [1.54, 1.807) is 24.3 Å². The third-order valence-electron chi connectivity index (χ3n) is 7.88. The Bertz CT molecular complexity index is 1610. The predicted molar refractivity (Wildman–Crippen MR) is 172 cm³/mol. The molecule has 0 spiro atoms. The first kappa shape index (κ1) is 34.4. The van der Waals surface area contributed by atoms with Crippen molar-refractivity contribution in [3.8, 4) is 22.6 Å². The minimum atomic E-state index is -1.32. The van der Waals surface area contributed by atoms with Crippen LogP contribution in [0.4, 0.5) is 13.6 Å². The molecule has 2 aliphatic rings. The van der Waals surface area contributed by atoms with E-state index in [9.17, 15) is 9.59 Å². The molecule has 0 aromatic heterocycles. The minimum absolute atomic E-state index is 0.00126. The number of carbonyl (C=O) groups excluding carboxylic acids is 2. The van der Waals surface area contributed by atoms with Crippen LogP contribution in [0, 0.1) is 11.6 Å². The summed E-state index contributed by atoms with van der Waals surface area (Å²) in [4.78, 5) is 25.8. The zero-order valence-corrected chi connectivity index (χ0v) is 27.6. The van der Waals surface area contributed by atoms with Gasteiger partial charge >= 0.3 is 6.09 Å². The van der Waals surface area contributed by atoms with Gasteiger partial charge in [0.25, 0.3) is 5.91 Å². The number of hydrogen-bond donors (Lipinski definition) is 2. The lowest BCUT2D eigenvalue weighted by Crippen LogP contribution is -2.44. The van der Waals surface area contributed by atoms with Gasteiger partial charge in [0.05, 0.1) is 17.2 Å². The smallest absolute Gasteiger partial charge is 0.407 e. The molecule has 47 heavy (non-hydrogen) atoms. The van der Waals surface area contributed by atoms with Gasteiger partial charge in [0.2, 0.25) is 0 Å². The summed E-state index contributed by atoms with van der Waals surface area (Å²) in [6.07, 6.45) is 1.73. The van der Waals surface area contributed by atoms with Crippen molar-refractivity contribution in [1.29, 1.82) is 0 Å². The molecule has 2 heterocycles. The van der Waals surface area contributed by atoms with Crippen LogP contribution in [0.1, 0.15) is 61.5 Å². The van der Waals surface area contributed by atoms with E-state index in [1.165, 1.54) is 19.2 Å². The fraction of sp³-hybridized carbons (Fsp3) is 0.429. The number of carbonyl (C=O) groups is 2. The molecule has 0 radical (unpaired) electrons.